The highest BCUT2D eigenvalue weighted by atomic mass is 32.2. The summed E-state index contributed by atoms with van der Waals surface area (Å²) in [5.74, 6) is 0.730. The maximum absolute atomic E-state index is 11.0. The van der Waals surface area contributed by atoms with Crippen LogP contribution in [0.15, 0.2) is 17.3 Å². The van der Waals surface area contributed by atoms with Crippen LogP contribution in [0.25, 0.3) is 0 Å². The molecule has 4 heteroatoms. The van der Waals surface area contributed by atoms with Gasteiger partial charge in [-0.15, -0.1) is 0 Å². The first-order chi connectivity index (χ1) is 4.88. The smallest absolute Gasteiger partial charge is 0.239 e. The van der Waals surface area contributed by atoms with E-state index in [9.17, 15) is 4.79 Å². The number of hydrogen-bond acceptors (Lipinski definition) is 3. The molecule has 2 rings (SSSR count). The monoisotopic (exact) mass is 154 g/mol. The van der Waals surface area contributed by atoms with Crippen LogP contribution in [-0.2, 0) is 4.79 Å². The zero-order chi connectivity index (χ0) is 6.97. The van der Waals surface area contributed by atoms with Gasteiger partial charge in [0.15, 0.2) is 5.17 Å². The van der Waals surface area contributed by atoms with E-state index in [1.165, 1.54) is 11.8 Å². The van der Waals surface area contributed by atoms with E-state index in [0.29, 0.717) is 12.3 Å². The minimum Gasteiger partial charge on any atom is -0.287 e. The fraction of sp³-hybridized carbons (Fsp3) is 0.333. The summed E-state index contributed by atoms with van der Waals surface area (Å²) in [5, 5.41) is 0.854. The SMILES string of the molecule is O=C1CSC2=NC=CCN12. The molecule has 3 nitrogen and oxygen atoms in total. The number of amides is 1. The van der Waals surface area contributed by atoms with Crippen LogP contribution in [0.5, 0.6) is 0 Å². The van der Waals surface area contributed by atoms with Crippen LogP contribution < -0.4 is 0 Å². The van der Waals surface area contributed by atoms with Crippen molar-refractivity contribution in [1.29, 1.82) is 0 Å². The van der Waals surface area contributed by atoms with Crippen LogP contribution in [0, 0.1) is 0 Å². The predicted molar refractivity (Wildman–Crippen MR) is 40.7 cm³/mol. The molecule has 0 aliphatic carbocycles. The molecule has 1 amide bonds. The van der Waals surface area contributed by atoms with Crippen LogP contribution >= 0.6 is 11.8 Å². The number of rotatable bonds is 0. The van der Waals surface area contributed by atoms with Crippen molar-refractivity contribution in [3.63, 3.8) is 0 Å². The molecule has 10 heavy (non-hydrogen) atoms. The summed E-state index contributed by atoms with van der Waals surface area (Å²) in [5.41, 5.74) is 0. The van der Waals surface area contributed by atoms with Crippen molar-refractivity contribution in [2.75, 3.05) is 12.3 Å². The Balaban J connectivity index is 2.31. The minimum atomic E-state index is 0.174. The number of fused-ring (bicyclic) bond motifs is 1. The molecule has 0 aromatic carbocycles. The van der Waals surface area contributed by atoms with Crippen molar-refractivity contribution >= 4 is 22.8 Å². The lowest BCUT2D eigenvalue weighted by Crippen LogP contribution is -2.30. The topological polar surface area (TPSA) is 32.7 Å². The average Bonchev–Trinajstić information content (AvgIpc) is 2.34. The van der Waals surface area contributed by atoms with Crippen molar-refractivity contribution in [1.82, 2.24) is 4.90 Å². The molecule has 0 unspecified atom stereocenters. The van der Waals surface area contributed by atoms with Gasteiger partial charge < -0.3 is 0 Å². The molecule has 0 aromatic heterocycles. The number of aliphatic imine (C=N–C) groups is 1. The maximum Gasteiger partial charge on any atom is 0.239 e. The van der Waals surface area contributed by atoms with Gasteiger partial charge in [0.2, 0.25) is 5.91 Å². The summed E-state index contributed by atoms with van der Waals surface area (Å²) in [4.78, 5) is 16.7. The average molecular weight is 154 g/mol. The Morgan fingerprint density at radius 1 is 1.70 bits per heavy atom. The highest BCUT2D eigenvalue weighted by Crippen LogP contribution is 2.20. The normalized spacial score (nSPS) is 23.0. The molecule has 2 aliphatic heterocycles. The lowest BCUT2D eigenvalue weighted by Gasteiger charge is -2.14. The first-order valence-electron chi connectivity index (χ1n) is 3.04. The van der Waals surface area contributed by atoms with Crippen molar-refractivity contribution in [2.24, 2.45) is 4.99 Å². The maximum atomic E-state index is 11.0. The van der Waals surface area contributed by atoms with Crippen molar-refractivity contribution in [3.05, 3.63) is 12.3 Å². The minimum absolute atomic E-state index is 0.174. The molecular weight excluding hydrogens is 148 g/mol. The lowest BCUT2D eigenvalue weighted by molar-refractivity contribution is -0.123. The molecule has 0 radical (unpaired) electrons. The van der Waals surface area contributed by atoms with Gasteiger partial charge in [-0.3, -0.25) is 9.69 Å². The molecule has 1 saturated heterocycles. The predicted octanol–water partition coefficient (Wildman–Crippen LogP) is 0.445. The number of carbonyl (C=O) groups excluding carboxylic acids is 1. The molecule has 0 saturated carbocycles. The molecule has 52 valence electrons. The van der Waals surface area contributed by atoms with Gasteiger partial charge in [0.1, 0.15) is 0 Å². The van der Waals surface area contributed by atoms with E-state index in [2.05, 4.69) is 4.99 Å². The second-order valence-corrected chi connectivity index (χ2v) is 3.03. The molecule has 0 N–H and O–H groups in total. The fourth-order valence-electron chi connectivity index (χ4n) is 0.945. The van der Waals surface area contributed by atoms with Crippen molar-refractivity contribution in [2.45, 2.75) is 0 Å². The molecule has 0 bridgehead atoms. The second kappa shape index (κ2) is 2.12. The van der Waals surface area contributed by atoms with E-state index in [-0.39, 0.29) is 5.91 Å². The third-order valence-corrected chi connectivity index (χ3v) is 2.41. The summed E-state index contributed by atoms with van der Waals surface area (Å²) < 4.78 is 0. The summed E-state index contributed by atoms with van der Waals surface area (Å²) in [6.07, 6.45) is 3.63. The number of amidine groups is 1. The van der Waals surface area contributed by atoms with Crippen LogP contribution in [0.1, 0.15) is 0 Å². The van der Waals surface area contributed by atoms with Gasteiger partial charge in [-0.05, 0) is 6.08 Å². The Morgan fingerprint density at radius 2 is 2.60 bits per heavy atom. The Hall–Kier alpha value is -0.770. The highest BCUT2D eigenvalue weighted by molar-refractivity contribution is 8.15. The van der Waals surface area contributed by atoms with Gasteiger partial charge >= 0.3 is 0 Å². The van der Waals surface area contributed by atoms with Crippen molar-refractivity contribution in [3.8, 4) is 0 Å². The first kappa shape index (κ1) is 5.97. The van der Waals surface area contributed by atoms with Gasteiger partial charge in [-0.25, -0.2) is 4.99 Å². The molecule has 0 aromatic rings. The quantitative estimate of drug-likeness (QED) is 0.507. The van der Waals surface area contributed by atoms with Gasteiger partial charge in [-0.2, -0.15) is 0 Å². The van der Waals surface area contributed by atoms with Gasteiger partial charge in [0, 0.05) is 12.7 Å². The van der Waals surface area contributed by atoms with E-state index in [4.69, 9.17) is 0 Å². The molecule has 1 fully saturated rings. The van der Waals surface area contributed by atoms with Gasteiger partial charge in [0.25, 0.3) is 0 Å². The highest BCUT2D eigenvalue weighted by Gasteiger charge is 2.27. The van der Waals surface area contributed by atoms with E-state index in [0.717, 1.165) is 5.17 Å². The standard InChI is InChI=1S/C6H6N2OS/c9-5-4-10-6-7-2-1-3-8(5)6/h1-2H,3-4H2. The van der Waals surface area contributed by atoms with Crippen LogP contribution in [-0.4, -0.2) is 28.3 Å². The van der Waals surface area contributed by atoms with Crippen LogP contribution in [0.2, 0.25) is 0 Å². The molecule has 2 heterocycles. The van der Waals surface area contributed by atoms with E-state index in [1.807, 2.05) is 6.08 Å². The fourth-order valence-corrected chi connectivity index (χ4v) is 1.82. The Morgan fingerprint density at radius 3 is 3.40 bits per heavy atom. The number of nitrogens with zero attached hydrogens (tertiary/aromatic N) is 2. The Bertz CT molecular complexity index is 234. The zero-order valence-corrected chi connectivity index (χ0v) is 6.10. The number of thioether (sulfide) groups is 1. The Labute approximate surface area is 62.8 Å². The third-order valence-electron chi connectivity index (χ3n) is 1.44. The molecule has 0 atom stereocenters. The summed E-state index contributed by atoms with van der Waals surface area (Å²) in [7, 11) is 0. The summed E-state index contributed by atoms with van der Waals surface area (Å²) >= 11 is 1.51. The Kier molecular flexibility index (Phi) is 1.27. The van der Waals surface area contributed by atoms with E-state index < -0.39 is 0 Å². The van der Waals surface area contributed by atoms with Crippen molar-refractivity contribution < 1.29 is 4.79 Å². The summed E-state index contributed by atoms with van der Waals surface area (Å²) in [6.45, 7) is 0.699. The summed E-state index contributed by atoms with van der Waals surface area (Å²) in [6, 6.07) is 0. The molecule has 2 aliphatic rings. The van der Waals surface area contributed by atoms with Crippen LogP contribution in [0.3, 0.4) is 0 Å². The molecular formula is C6H6N2OS. The first-order valence-corrected chi connectivity index (χ1v) is 4.02. The zero-order valence-electron chi connectivity index (χ0n) is 5.28. The number of hydrogen-bond donors (Lipinski definition) is 0. The molecule has 0 spiro atoms. The third kappa shape index (κ3) is 0.759. The van der Waals surface area contributed by atoms with Crippen LogP contribution in [0.4, 0.5) is 0 Å². The van der Waals surface area contributed by atoms with E-state index >= 15 is 0 Å². The lowest BCUT2D eigenvalue weighted by atomic mass is 10.5. The van der Waals surface area contributed by atoms with Gasteiger partial charge in [0.05, 0.1) is 5.75 Å². The second-order valence-electron chi connectivity index (χ2n) is 2.09. The van der Waals surface area contributed by atoms with Gasteiger partial charge in [-0.1, -0.05) is 11.8 Å². The van der Waals surface area contributed by atoms with E-state index in [1.54, 1.807) is 11.1 Å². The largest absolute Gasteiger partial charge is 0.287 e. The number of carbonyl (C=O) groups is 1.